The number of ether oxygens (including phenoxy) is 1. The summed E-state index contributed by atoms with van der Waals surface area (Å²) in [6.45, 7) is 7.50. The van der Waals surface area contributed by atoms with E-state index in [2.05, 4.69) is 15.1 Å². The van der Waals surface area contributed by atoms with Crippen molar-refractivity contribution in [3.8, 4) is 0 Å². The molecule has 2 aromatic rings. The number of rotatable bonds is 5. The van der Waals surface area contributed by atoms with Crippen LogP contribution in [0, 0.1) is 13.8 Å². The van der Waals surface area contributed by atoms with Crippen molar-refractivity contribution in [3.63, 3.8) is 0 Å². The van der Waals surface area contributed by atoms with Gasteiger partial charge in [-0.2, -0.15) is 5.10 Å². The van der Waals surface area contributed by atoms with Crippen LogP contribution < -0.4 is 0 Å². The average molecular weight is 410 g/mol. The number of nitrogens with one attached hydrogen (secondary N) is 1. The Hall–Kier alpha value is -2.97. The van der Waals surface area contributed by atoms with E-state index in [-0.39, 0.29) is 11.3 Å². The summed E-state index contributed by atoms with van der Waals surface area (Å²) in [4.78, 5) is 29.8. The van der Waals surface area contributed by atoms with Crippen LogP contribution in [0.4, 0.5) is 0 Å². The van der Waals surface area contributed by atoms with Crippen LogP contribution in [0.15, 0.2) is 35.9 Å². The van der Waals surface area contributed by atoms with Crippen LogP contribution in [-0.2, 0) is 14.3 Å². The molecule has 2 aliphatic rings. The van der Waals surface area contributed by atoms with Crippen molar-refractivity contribution in [2.45, 2.75) is 19.9 Å². The molecule has 2 N–H and O–H groups in total. The van der Waals surface area contributed by atoms with E-state index in [1.807, 2.05) is 30.3 Å². The molecule has 1 atom stereocenters. The predicted molar refractivity (Wildman–Crippen MR) is 111 cm³/mol. The number of carbonyl (C=O) groups excluding carboxylic acids is 2. The lowest BCUT2D eigenvalue weighted by Gasteiger charge is -2.31. The van der Waals surface area contributed by atoms with E-state index < -0.39 is 17.7 Å². The van der Waals surface area contributed by atoms with Gasteiger partial charge in [-0.1, -0.05) is 30.3 Å². The molecule has 0 saturated carbocycles. The lowest BCUT2D eigenvalue weighted by atomic mass is 9.95. The van der Waals surface area contributed by atoms with Crippen LogP contribution >= 0.6 is 0 Å². The summed E-state index contributed by atoms with van der Waals surface area (Å²) in [5.41, 5.74) is 2.61. The maximum absolute atomic E-state index is 13.0. The SMILES string of the molecule is Cc1n[nH]c(C)c1C(O)=C1C(=O)C(=O)N(CCN2CCOCC2)C1c1ccccc1. The second-order valence-electron chi connectivity index (χ2n) is 7.67. The van der Waals surface area contributed by atoms with Crippen LogP contribution in [0.25, 0.3) is 5.76 Å². The number of morpholine rings is 1. The van der Waals surface area contributed by atoms with Crippen molar-refractivity contribution in [1.29, 1.82) is 0 Å². The van der Waals surface area contributed by atoms with Crippen LogP contribution in [0.5, 0.6) is 0 Å². The summed E-state index contributed by atoms with van der Waals surface area (Å²) < 4.78 is 5.39. The van der Waals surface area contributed by atoms with Crippen LogP contribution in [0.2, 0.25) is 0 Å². The van der Waals surface area contributed by atoms with E-state index in [0.717, 1.165) is 18.7 Å². The van der Waals surface area contributed by atoms with Gasteiger partial charge in [-0.05, 0) is 19.4 Å². The molecule has 30 heavy (non-hydrogen) atoms. The highest BCUT2D eigenvalue weighted by molar-refractivity contribution is 6.46. The van der Waals surface area contributed by atoms with Gasteiger partial charge in [0.25, 0.3) is 11.7 Å². The zero-order chi connectivity index (χ0) is 21.3. The highest BCUT2D eigenvalue weighted by Gasteiger charge is 2.46. The number of Topliss-reactive ketones (excluding diaryl/α,β-unsaturated/α-hetero) is 1. The molecule has 0 bridgehead atoms. The first kappa shape index (κ1) is 20.3. The maximum Gasteiger partial charge on any atom is 0.295 e. The third-order valence-electron chi connectivity index (χ3n) is 5.78. The summed E-state index contributed by atoms with van der Waals surface area (Å²) in [5.74, 6) is -1.43. The molecule has 0 radical (unpaired) electrons. The third kappa shape index (κ3) is 3.64. The van der Waals surface area contributed by atoms with Crippen molar-refractivity contribution in [2.75, 3.05) is 39.4 Å². The molecule has 2 aliphatic heterocycles. The Morgan fingerprint density at radius 3 is 2.50 bits per heavy atom. The number of H-pyrrole nitrogens is 1. The highest BCUT2D eigenvalue weighted by Crippen LogP contribution is 2.39. The largest absolute Gasteiger partial charge is 0.507 e. The van der Waals surface area contributed by atoms with Gasteiger partial charge in [-0.15, -0.1) is 0 Å². The molecule has 1 amide bonds. The number of aryl methyl sites for hydroxylation is 2. The molecule has 1 aromatic heterocycles. The number of aliphatic hydroxyl groups is 1. The molecule has 1 aromatic carbocycles. The second-order valence-corrected chi connectivity index (χ2v) is 7.67. The lowest BCUT2D eigenvalue weighted by Crippen LogP contribution is -2.42. The minimum Gasteiger partial charge on any atom is -0.507 e. The molecule has 0 spiro atoms. The van der Waals surface area contributed by atoms with E-state index >= 15 is 0 Å². The summed E-state index contributed by atoms with van der Waals surface area (Å²) in [6, 6.07) is 8.73. The molecular weight excluding hydrogens is 384 g/mol. The summed E-state index contributed by atoms with van der Waals surface area (Å²) in [6.07, 6.45) is 0. The second kappa shape index (κ2) is 8.41. The zero-order valence-electron chi connectivity index (χ0n) is 17.2. The van der Waals surface area contributed by atoms with E-state index in [4.69, 9.17) is 4.74 Å². The van der Waals surface area contributed by atoms with E-state index in [9.17, 15) is 14.7 Å². The maximum atomic E-state index is 13.0. The Morgan fingerprint density at radius 2 is 1.87 bits per heavy atom. The number of aliphatic hydroxyl groups excluding tert-OH is 1. The van der Waals surface area contributed by atoms with Gasteiger partial charge in [0.05, 0.1) is 36.1 Å². The lowest BCUT2D eigenvalue weighted by molar-refractivity contribution is -0.140. The Morgan fingerprint density at radius 1 is 1.17 bits per heavy atom. The van der Waals surface area contributed by atoms with Gasteiger partial charge in [-0.3, -0.25) is 19.6 Å². The topological polar surface area (TPSA) is 98.8 Å². The molecule has 4 rings (SSSR count). The predicted octanol–water partition coefficient (Wildman–Crippen LogP) is 1.78. The van der Waals surface area contributed by atoms with Crippen LogP contribution in [0.3, 0.4) is 0 Å². The number of nitrogens with zero attached hydrogens (tertiary/aromatic N) is 3. The molecule has 0 aliphatic carbocycles. The van der Waals surface area contributed by atoms with E-state index in [1.54, 1.807) is 18.7 Å². The first-order valence-corrected chi connectivity index (χ1v) is 10.1. The Bertz CT molecular complexity index is 957. The van der Waals surface area contributed by atoms with Gasteiger partial charge in [0.15, 0.2) is 0 Å². The van der Waals surface area contributed by atoms with E-state index in [1.165, 1.54) is 0 Å². The number of hydrogen-bond acceptors (Lipinski definition) is 6. The normalized spacial score (nSPS) is 22.1. The van der Waals surface area contributed by atoms with E-state index in [0.29, 0.717) is 43.3 Å². The average Bonchev–Trinajstić information content (AvgIpc) is 3.23. The van der Waals surface area contributed by atoms with Gasteiger partial charge < -0.3 is 14.7 Å². The number of aromatic amines is 1. The molecule has 2 saturated heterocycles. The fourth-order valence-corrected chi connectivity index (χ4v) is 4.20. The van der Waals surface area contributed by atoms with Crippen LogP contribution in [0.1, 0.15) is 28.6 Å². The molecule has 2 fully saturated rings. The fraction of sp³-hybridized carbons (Fsp3) is 0.409. The molecule has 8 heteroatoms. The minimum atomic E-state index is -0.664. The van der Waals surface area contributed by atoms with Crippen molar-refractivity contribution in [1.82, 2.24) is 20.0 Å². The number of carbonyl (C=O) groups is 2. The van der Waals surface area contributed by atoms with Crippen molar-refractivity contribution < 1.29 is 19.4 Å². The standard InChI is InChI=1S/C22H26N4O4/c1-14-17(15(2)24-23-14)20(27)18-19(16-6-4-3-5-7-16)26(22(29)21(18)28)9-8-25-10-12-30-13-11-25/h3-7,19,27H,8-13H2,1-2H3,(H,23,24). The van der Waals surface area contributed by atoms with Crippen LogP contribution in [-0.4, -0.2) is 76.2 Å². The van der Waals surface area contributed by atoms with Gasteiger partial charge in [0, 0.05) is 31.9 Å². The summed E-state index contributed by atoms with van der Waals surface area (Å²) in [7, 11) is 0. The van der Waals surface area contributed by atoms with Crippen molar-refractivity contribution in [3.05, 3.63) is 58.4 Å². The monoisotopic (exact) mass is 410 g/mol. The number of likely N-dealkylation sites (tertiary alicyclic amines) is 1. The van der Waals surface area contributed by atoms with Crippen molar-refractivity contribution >= 4 is 17.4 Å². The minimum absolute atomic E-state index is 0.112. The number of ketones is 1. The Kier molecular flexibility index (Phi) is 5.69. The quantitative estimate of drug-likeness (QED) is 0.443. The Labute approximate surface area is 175 Å². The summed E-state index contributed by atoms with van der Waals surface area (Å²) in [5, 5.41) is 18.1. The van der Waals surface area contributed by atoms with Crippen molar-refractivity contribution in [2.24, 2.45) is 0 Å². The molecule has 3 heterocycles. The smallest absolute Gasteiger partial charge is 0.295 e. The fourth-order valence-electron chi connectivity index (χ4n) is 4.20. The van der Waals surface area contributed by atoms with Gasteiger partial charge in [0.1, 0.15) is 5.76 Å². The number of benzene rings is 1. The van der Waals surface area contributed by atoms with Gasteiger partial charge in [-0.25, -0.2) is 0 Å². The molecular formula is C22H26N4O4. The summed E-state index contributed by atoms with van der Waals surface area (Å²) >= 11 is 0. The first-order chi connectivity index (χ1) is 14.5. The number of amides is 1. The Balaban J connectivity index is 1.74. The van der Waals surface area contributed by atoms with Gasteiger partial charge >= 0.3 is 0 Å². The third-order valence-corrected chi connectivity index (χ3v) is 5.78. The first-order valence-electron chi connectivity index (χ1n) is 10.1. The zero-order valence-corrected chi connectivity index (χ0v) is 17.2. The highest BCUT2D eigenvalue weighted by atomic mass is 16.5. The molecule has 1 unspecified atom stereocenters. The number of hydrogen-bond donors (Lipinski definition) is 2. The molecule has 158 valence electrons. The van der Waals surface area contributed by atoms with Gasteiger partial charge in [0.2, 0.25) is 0 Å². The molecule has 8 nitrogen and oxygen atoms in total. The number of aromatic nitrogens is 2.